The smallest absolute Gasteiger partial charge is 0.335 e. The molecule has 5 nitrogen and oxygen atoms in total. The SMILES string of the molecule is Cc1ccc(CN2C(=O)CC[C@H](OCc3cccc(C(=O)O)c3)[C@H]2c2cccc(Br)c2)cc1. The minimum absolute atomic E-state index is 0.105. The topological polar surface area (TPSA) is 66.8 Å². The van der Waals surface area contributed by atoms with Crippen LogP contribution >= 0.6 is 15.9 Å². The van der Waals surface area contributed by atoms with E-state index in [1.165, 1.54) is 5.56 Å². The van der Waals surface area contributed by atoms with E-state index in [-0.39, 0.29) is 30.2 Å². The van der Waals surface area contributed by atoms with Gasteiger partial charge in [0, 0.05) is 17.4 Å². The fourth-order valence-electron chi connectivity index (χ4n) is 4.26. The van der Waals surface area contributed by atoms with Crippen molar-refractivity contribution in [3.05, 3.63) is 105 Å². The summed E-state index contributed by atoms with van der Waals surface area (Å²) in [5.41, 5.74) is 4.29. The number of carboxylic acids is 1. The van der Waals surface area contributed by atoms with Crippen molar-refractivity contribution in [1.82, 2.24) is 4.90 Å². The Kier molecular flexibility index (Phi) is 7.26. The molecule has 2 atom stereocenters. The van der Waals surface area contributed by atoms with Crippen LogP contribution in [-0.4, -0.2) is 28.0 Å². The highest BCUT2D eigenvalue weighted by Crippen LogP contribution is 2.36. The Balaban J connectivity index is 1.61. The Morgan fingerprint density at radius 3 is 2.55 bits per heavy atom. The van der Waals surface area contributed by atoms with E-state index in [9.17, 15) is 14.7 Å². The number of nitrogens with zero attached hydrogens (tertiary/aromatic N) is 1. The van der Waals surface area contributed by atoms with Crippen molar-refractivity contribution in [1.29, 1.82) is 0 Å². The molecule has 1 aliphatic rings. The number of ether oxygens (including phenoxy) is 1. The van der Waals surface area contributed by atoms with Crippen molar-refractivity contribution in [2.24, 2.45) is 0 Å². The van der Waals surface area contributed by atoms with E-state index in [4.69, 9.17) is 4.74 Å². The van der Waals surface area contributed by atoms with Crippen LogP contribution < -0.4 is 0 Å². The van der Waals surface area contributed by atoms with Crippen molar-refractivity contribution in [3.8, 4) is 0 Å². The Labute approximate surface area is 202 Å². The number of benzene rings is 3. The van der Waals surface area contributed by atoms with Crippen molar-refractivity contribution < 1.29 is 19.4 Å². The van der Waals surface area contributed by atoms with Crippen molar-refractivity contribution in [2.75, 3.05) is 0 Å². The van der Waals surface area contributed by atoms with Gasteiger partial charge in [-0.25, -0.2) is 4.79 Å². The number of halogens is 1. The number of amides is 1. The minimum Gasteiger partial charge on any atom is -0.478 e. The summed E-state index contributed by atoms with van der Waals surface area (Å²) in [6, 6.07) is 22.8. The van der Waals surface area contributed by atoms with Gasteiger partial charge in [-0.3, -0.25) is 4.79 Å². The molecule has 1 aliphatic heterocycles. The van der Waals surface area contributed by atoms with E-state index >= 15 is 0 Å². The van der Waals surface area contributed by atoms with Gasteiger partial charge in [-0.05, 0) is 54.3 Å². The molecule has 1 N–H and O–H groups in total. The average molecular weight is 508 g/mol. The number of carbonyl (C=O) groups excluding carboxylic acids is 1. The lowest BCUT2D eigenvalue weighted by Gasteiger charge is -2.41. The normalized spacial score (nSPS) is 18.4. The first-order valence-electron chi connectivity index (χ1n) is 10.9. The molecular formula is C27H26BrNO4. The fourth-order valence-corrected chi connectivity index (χ4v) is 4.67. The molecule has 1 saturated heterocycles. The van der Waals surface area contributed by atoms with Gasteiger partial charge >= 0.3 is 5.97 Å². The van der Waals surface area contributed by atoms with Crippen molar-refractivity contribution in [3.63, 3.8) is 0 Å². The lowest BCUT2D eigenvalue weighted by Crippen LogP contribution is -2.45. The van der Waals surface area contributed by atoms with E-state index in [0.717, 1.165) is 21.2 Å². The first-order chi connectivity index (χ1) is 15.9. The van der Waals surface area contributed by atoms with Crippen LogP contribution in [0.1, 0.15) is 51.5 Å². The Hall–Kier alpha value is -2.96. The largest absolute Gasteiger partial charge is 0.478 e. The van der Waals surface area contributed by atoms with Crippen LogP contribution in [0.4, 0.5) is 0 Å². The molecule has 170 valence electrons. The van der Waals surface area contributed by atoms with Crippen LogP contribution in [0.15, 0.2) is 77.3 Å². The van der Waals surface area contributed by atoms with Crippen LogP contribution in [0.3, 0.4) is 0 Å². The molecule has 0 spiro atoms. The summed E-state index contributed by atoms with van der Waals surface area (Å²) in [6.45, 7) is 2.83. The zero-order valence-corrected chi connectivity index (χ0v) is 20.0. The van der Waals surface area contributed by atoms with E-state index in [0.29, 0.717) is 19.4 Å². The zero-order valence-electron chi connectivity index (χ0n) is 18.4. The molecule has 0 bridgehead atoms. The summed E-state index contributed by atoms with van der Waals surface area (Å²) < 4.78 is 7.29. The second-order valence-corrected chi connectivity index (χ2v) is 9.32. The fraction of sp³-hybridized carbons (Fsp3) is 0.259. The van der Waals surface area contributed by atoms with Gasteiger partial charge < -0.3 is 14.7 Å². The predicted octanol–water partition coefficient (Wildman–Crippen LogP) is 5.90. The molecular weight excluding hydrogens is 482 g/mol. The molecule has 0 saturated carbocycles. The number of carboxylic acid groups (broad SMARTS) is 1. The molecule has 3 aromatic rings. The Morgan fingerprint density at radius 2 is 1.82 bits per heavy atom. The highest BCUT2D eigenvalue weighted by molar-refractivity contribution is 9.10. The highest BCUT2D eigenvalue weighted by Gasteiger charge is 2.37. The standard InChI is InChI=1S/C27H26BrNO4/c1-18-8-10-19(11-9-18)16-29-25(30)13-12-24(26(29)21-5-3-7-23(28)15-21)33-17-20-4-2-6-22(14-20)27(31)32/h2-11,14-15,24,26H,12-13,16-17H2,1H3,(H,31,32)/t24-,26+/m0/s1. The number of hydrogen-bond acceptors (Lipinski definition) is 3. The third-order valence-corrected chi connectivity index (χ3v) is 6.45. The van der Waals surface area contributed by atoms with Gasteiger partial charge in [0.05, 0.1) is 24.3 Å². The summed E-state index contributed by atoms with van der Waals surface area (Å²) in [4.78, 5) is 26.3. The molecule has 0 unspecified atom stereocenters. The average Bonchev–Trinajstić information content (AvgIpc) is 2.81. The molecule has 0 radical (unpaired) electrons. The molecule has 33 heavy (non-hydrogen) atoms. The van der Waals surface area contributed by atoms with Crippen LogP contribution in [0.2, 0.25) is 0 Å². The van der Waals surface area contributed by atoms with Crippen LogP contribution in [0, 0.1) is 6.92 Å². The summed E-state index contributed by atoms with van der Waals surface area (Å²) in [5.74, 6) is -0.857. The lowest BCUT2D eigenvalue weighted by atomic mass is 9.91. The number of piperidine rings is 1. The molecule has 0 aromatic heterocycles. The first kappa shape index (κ1) is 23.2. The number of hydrogen-bond donors (Lipinski definition) is 1. The molecule has 4 rings (SSSR count). The summed E-state index contributed by atoms with van der Waals surface area (Å²) in [6.07, 6.45) is 0.811. The van der Waals surface area contributed by atoms with E-state index < -0.39 is 5.97 Å². The molecule has 6 heteroatoms. The van der Waals surface area contributed by atoms with Gasteiger partial charge in [0.25, 0.3) is 0 Å². The maximum absolute atomic E-state index is 13.1. The molecule has 1 fully saturated rings. The predicted molar refractivity (Wildman–Crippen MR) is 130 cm³/mol. The van der Waals surface area contributed by atoms with Crippen molar-refractivity contribution >= 4 is 27.8 Å². The van der Waals surface area contributed by atoms with Gasteiger partial charge in [-0.15, -0.1) is 0 Å². The quantitative estimate of drug-likeness (QED) is 0.431. The van der Waals surface area contributed by atoms with Crippen LogP contribution in [-0.2, 0) is 22.7 Å². The molecule has 1 heterocycles. The van der Waals surface area contributed by atoms with Crippen molar-refractivity contribution in [2.45, 2.75) is 45.1 Å². The zero-order chi connectivity index (χ0) is 23.4. The van der Waals surface area contributed by atoms with Crippen LogP contribution in [0.25, 0.3) is 0 Å². The van der Waals surface area contributed by atoms with E-state index in [1.807, 2.05) is 42.2 Å². The lowest BCUT2D eigenvalue weighted by molar-refractivity contribution is -0.147. The number of rotatable bonds is 7. The molecule has 1 amide bonds. The van der Waals surface area contributed by atoms with Gasteiger partial charge in [0.1, 0.15) is 0 Å². The van der Waals surface area contributed by atoms with Crippen LogP contribution in [0.5, 0.6) is 0 Å². The van der Waals surface area contributed by atoms with Gasteiger partial charge in [-0.2, -0.15) is 0 Å². The number of aromatic carboxylic acids is 1. The molecule has 0 aliphatic carbocycles. The van der Waals surface area contributed by atoms with Gasteiger partial charge in [0.15, 0.2) is 0 Å². The Bertz CT molecular complexity index is 1140. The number of carbonyl (C=O) groups is 2. The summed E-state index contributed by atoms with van der Waals surface area (Å²) in [7, 11) is 0. The summed E-state index contributed by atoms with van der Waals surface area (Å²) >= 11 is 3.56. The highest BCUT2D eigenvalue weighted by atomic mass is 79.9. The first-order valence-corrected chi connectivity index (χ1v) is 11.7. The molecule has 3 aromatic carbocycles. The third kappa shape index (κ3) is 5.70. The number of aryl methyl sites for hydroxylation is 1. The Morgan fingerprint density at radius 1 is 1.06 bits per heavy atom. The monoisotopic (exact) mass is 507 g/mol. The second-order valence-electron chi connectivity index (χ2n) is 8.40. The van der Waals surface area contributed by atoms with E-state index in [2.05, 4.69) is 40.2 Å². The van der Waals surface area contributed by atoms with E-state index in [1.54, 1.807) is 18.2 Å². The van der Waals surface area contributed by atoms with Gasteiger partial charge in [0.2, 0.25) is 5.91 Å². The van der Waals surface area contributed by atoms with Gasteiger partial charge in [-0.1, -0.05) is 70.0 Å². The summed E-state index contributed by atoms with van der Waals surface area (Å²) in [5, 5.41) is 9.27. The minimum atomic E-state index is -0.962. The second kappa shape index (κ2) is 10.3. The number of likely N-dealkylation sites (tertiary alicyclic amines) is 1. The maximum atomic E-state index is 13.1. The third-order valence-electron chi connectivity index (χ3n) is 5.95. The maximum Gasteiger partial charge on any atom is 0.335 e.